The first kappa shape index (κ1) is 10.9. The van der Waals surface area contributed by atoms with Crippen LogP contribution in [0.1, 0.15) is 26.3 Å². The molecule has 0 fully saturated rings. The van der Waals surface area contributed by atoms with E-state index in [1.54, 1.807) is 18.2 Å². The summed E-state index contributed by atoms with van der Waals surface area (Å²) in [5.74, 6) is 0. The van der Waals surface area contributed by atoms with Crippen LogP contribution >= 0.6 is 0 Å². The molecule has 1 heterocycles. The fourth-order valence-electron chi connectivity index (χ4n) is 1.98. The van der Waals surface area contributed by atoms with Crippen molar-refractivity contribution in [2.45, 2.75) is 33.2 Å². The van der Waals surface area contributed by atoms with E-state index in [1.165, 1.54) is 0 Å². The van der Waals surface area contributed by atoms with Crippen molar-refractivity contribution >= 4 is 11.4 Å². The third-order valence-corrected chi connectivity index (χ3v) is 3.10. The average Bonchev–Trinajstić information content (AvgIpc) is 2.58. The molecule has 1 N–H and O–H groups in total. The summed E-state index contributed by atoms with van der Waals surface area (Å²) in [7, 11) is 0. The predicted molar refractivity (Wildman–Crippen MR) is 63.7 cm³/mol. The van der Waals surface area contributed by atoms with Gasteiger partial charge in [0.05, 0.1) is 4.92 Å². The first-order valence-electron chi connectivity index (χ1n) is 5.42. The van der Waals surface area contributed by atoms with Gasteiger partial charge < -0.3 is 5.32 Å². The van der Waals surface area contributed by atoms with Crippen LogP contribution in [0.15, 0.2) is 18.2 Å². The molecule has 0 spiro atoms. The number of nitro groups is 1. The Hall–Kier alpha value is -1.58. The lowest BCUT2D eigenvalue weighted by molar-refractivity contribution is -0.384. The molecule has 4 nitrogen and oxygen atoms in total. The van der Waals surface area contributed by atoms with Crippen LogP contribution in [0.3, 0.4) is 0 Å². The molecule has 1 aromatic rings. The van der Waals surface area contributed by atoms with Gasteiger partial charge in [0.25, 0.3) is 5.69 Å². The Morgan fingerprint density at radius 1 is 1.44 bits per heavy atom. The summed E-state index contributed by atoms with van der Waals surface area (Å²) in [4.78, 5) is 10.3. The van der Waals surface area contributed by atoms with Crippen molar-refractivity contribution in [2.75, 3.05) is 5.32 Å². The molecule has 1 aromatic carbocycles. The van der Waals surface area contributed by atoms with Crippen LogP contribution in [0.5, 0.6) is 0 Å². The molecular formula is C12H16N2O2. The number of benzene rings is 1. The first-order valence-corrected chi connectivity index (χ1v) is 5.42. The van der Waals surface area contributed by atoms with E-state index in [9.17, 15) is 10.1 Å². The maximum absolute atomic E-state index is 10.7. The van der Waals surface area contributed by atoms with Gasteiger partial charge in [0, 0.05) is 23.9 Å². The molecule has 0 aromatic heterocycles. The number of hydrogen-bond donors (Lipinski definition) is 1. The second-order valence-electron chi connectivity index (χ2n) is 5.37. The van der Waals surface area contributed by atoms with Gasteiger partial charge in [-0.3, -0.25) is 10.1 Å². The fraction of sp³-hybridized carbons (Fsp3) is 0.500. The third kappa shape index (κ3) is 1.87. The number of nitrogens with one attached hydrogen (secondary N) is 1. The van der Waals surface area contributed by atoms with Crippen molar-refractivity contribution in [3.63, 3.8) is 0 Å². The van der Waals surface area contributed by atoms with E-state index < -0.39 is 0 Å². The van der Waals surface area contributed by atoms with Crippen molar-refractivity contribution in [2.24, 2.45) is 5.41 Å². The van der Waals surface area contributed by atoms with Crippen molar-refractivity contribution in [3.05, 3.63) is 33.9 Å². The largest absolute Gasteiger partial charge is 0.381 e. The lowest BCUT2D eigenvalue weighted by Crippen LogP contribution is -2.31. The average molecular weight is 220 g/mol. The van der Waals surface area contributed by atoms with Crippen LogP contribution in [-0.2, 0) is 6.42 Å². The monoisotopic (exact) mass is 220 g/mol. The van der Waals surface area contributed by atoms with Gasteiger partial charge in [-0.1, -0.05) is 20.8 Å². The van der Waals surface area contributed by atoms with Crippen molar-refractivity contribution in [1.82, 2.24) is 0 Å². The number of hydrogen-bond acceptors (Lipinski definition) is 3. The van der Waals surface area contributed by atoms with Crippen molar-refractivity contribution < 1.29 is 4.92 Å². The predicted octanol–water partition coefficient (Wildman–Crippen LogP) is 2.98. The van der Waals surface area contributed by atoms with E-state index in [1.807, 2.05) is 0 Å². The second kappa shape index (κ2) is 3.47. The second-order valence-corrected chi connectivity index (χ2v) is 5.37. The molecule has 0 saturated carbocycles. The minimum absolute atomic E-state index is 0.161. The van der Waals surface area contributed by atoms with Gasteiger partial charge in [0.1, 0.15) is 0 Å². The zero-order chi connectivity index (χ0) is 11.9. The van der Waals surface area contributed by atoms with Gasteiger partial charge in [-0.15, -0.1) is 0 Å². The molecule has 0 amide bonds. The van der Waals surface area contributed by atoms with E-state index in [0.717, 1.165) is 17.7 Å². The van der Waals surface area contributed by atoms with Gasteiger partial charge >= 0.3 is 0 Å². The summed E-state index contributed by atoms with van der Waals surface area (Å²) >= 11 is 0. The van der Waals surface area contributed by atoms with Crippen LogP contribution in [-0.4, -0.2) is 11.0 Å². The molecule has 2 rings (SSSR count). The van der Waals surface area contributed by atoms with Crippen molar-refractivity contribution in [3.8, 4) is 0 Å². The highest BCUT2D eigenvalue weighted by molar-refractivity contribution is 5.60. The standard InChI is InChI=1S/C12H16N2O2/c1-12(2,3)11-7-8-6-9(14(15)16)4-5-10(8)13-11/h4-6,11,13H,7H2,1-3H3/t11-/m0/s1. The van der Waals surface area contributed by atoms with Gasteiger partial charge in [-0.25, -0.2) is 0 Å². The van der Waals surface area contributed by atoms with Crippen LogP contribution < -0.4 is 5.32 Å². The SMILES string of the molecule is CC(C)(C)[C@@H]1Cc2cc([N+](=O)[O-])ccc2N1. The molecule has 1 atom stereocenters. The Labute approximate surface area is 94.8 Å². The van der Waals surface area contributed by atoms with E-state index in [0.29, 0.717) is 6.04 Å². The molecule has 0 unspecified atom stereocenters. The van der Waals surface area contributed by atoms with E-state index in [-0.39, 0.29) is 16.0 Å². The Bertz CT molecular complexity index is 435. The Kier molecular flexibility index (Phi) is 2.37. The summed E-state index contributed by atoms with van der Waals surface area (Å²) in [5.41, 5.74) is 2.42. The highest BCUT2D eigenvalue weighted by Crippen LogP contribution is 2.35. The van der Waals surface area contributed by atoms with Crippen molar-refractivity contribution in [1.29, 1.82) is 0 Å². The lowest BCUT2D eigenvalue weighted by atomic mass is 9.85. The molecule has 1 aliphatic heterocycles. The number of nitro benzene ring substituents is 1. The molecule has 1 aliphatic rings. The van der Waals surface area contributed by atoms with Crippen LogP contribution in [0, 0.1) is 15.5 Å². The topological polar surface area (TPSA) is 55.2 Å². The number of anilines is 1. The summed E-state index contributed by atoms with van der Waals surface area (Å²) in [6, 6.07) is 5.38. The normalized spacial score (nSPS) is 19.1. The minimum Gasteiger partial charge on any atom is -0.381 e. The van der Waals surface area contributed by atoms with Crippen LogP contribution in [0.2, 0.25) is 0 Å². The number of fused-ring (bicyclic) bond motifs is 1. The summed E-state index contributed by atoms with van der Waals surface area (Å²) in [6.07, 6.45) is 0.862. The fourth-order valence-corrected chi connectivity index (χ4v) is 1.98. The molecule has 0 saturated heterocycles. The maximum atomic E-state index is 10.7. The molecule has 0 radical (unpaired) electrons. The molecule has 16 heavy (non-hydrogen) atoms. The number of non-ortho nitro benzene ring substituents is 1. The van der Waals surface area contributed by atoms with Gasteiger partial charge in [0.15, 0.2) is 0 Å². The lowest BCUT2D eigenvalue weighted by Gasteiger charge is -2.27. The zero-order valence-electron chi connectivity index (χ0n) is 9.78. The van der Waals surface area contributed by atoms with Crippen LogP contribution in [0.4, 0.5) is 11.4 Å². The Balaban J connectivity index is 2.28. The molecule has 0 bridgehead atoms. The van der Waals surface area contributed by atoms with E-state index in [4.69, 9.17) is 0 Å². The van der Waals surface area contributed by atoms with Gasteiger partial charge in [0.2, 0.25) is 0 Å². The summed E-state index contributed by atoms with van der Waals surface area (Å²) < 4.78 is 0. The van der Waals surface area contributed by atoms with Gasteiger partial charge in [-0.2, -0.15) is 0 Å². The zero-order valence-corrected chi connectivity index (χ0v) is 9.78. The van der Waals surface area contributed by atoms with Gasteiger partial charge in [-0.05, 0) is 23.5 Å². The molecule has 0 aliphatic carbocycles. The quantitative estimate of drug-likeness (QED) is 0.584. The first-order chi connectivity index (χ1) is 7.38. The van der Waals surface area contributed by atoms with E-state index >= 15 is 0 Å². The third-order valence-electron chi connectivity index (χ3n) is 3.10. The maximum Gasteiger partial charge on any atom is 0.269 e. The molecule has 4 heteroatoms. The number of nitrogens with zero attached hydrogens (tertiary/aromatic N) is 1. The molecular weight excluding hydrogens is 204 g/mol. The summed E-state index contributed by atoms with van der Waals surface area (Å²) in [5, 5.41) is 14.1. The smallest absolute Gasteiger partial charge is 0.269 e. The highest BCUT2D eigenvalue weighted by Gasteiger charge is 2.31. The summed E-state index contributed by atoms with van der Waals surface area (Å²) in [6.45, 7) is 6.51. The number of rotatable bonds is 1. The van der Waals surface area contributed by atoms with E-state index in [2.05, 4.69) is 26.1 Å². The molecule has 86 valence electrons. The minimum atomic E-state index is -0.343. The Morgan fingerprint density at radius 3 is 2.69 bits per heavy atom. The van der Waals surface area contributed by atoms with Crippen LogP contribution in [0.25, 0.3) is 0 Å². The highest BCUT2D eigenvalue weighted by atomic mass is 16.6. The Morgan fingerprint density at radius 2 is 2.12 bits per heavy atom.